The number of hydrogen-bond acceptors (Lipinski definition) is 6. The molecule has 0 unspecified atom stereocenters. The van der Waals surface area contributed by atoms with E-state index in [1.54, 1.807) is 36.1 Å². The number of pyridine rings is 2. The number of amides is 1. The Labute approximate surface area is 189 Å². The van der Waals surface area contributed by atoms with Crippen LogP contribution < -0.4 is 11.0 Å². The molecule has 3 rings (SSSR count). The molecule has 0 aliphatic heterocycles. The lowest BCUT2D eigenvalue weighted by atomic mass is 10.2. The van der Waals surface area contributed by atoms with Gasteiger partial charge in [0.15, 0.2) is 5.49 Å². The van der Waals surface area contributed by atoms with Gasteiger partial charge in [0.05, 0.1) is 10.9 Å². The molecule has 0 atom stereocenters. The molecule has 0 aliphatic carbocycles. The van der Waals surface area contributed by atoms with Gasteiger partial charge in [-0.15, -0.1) is 11.8 Å². The van der Waals surface area contributed by atoms with Gasteiger partial charge in [0.25, 0.3) is 11.5 Å². The van der Waals surface area contributed by atoms with Crippen LogP contribution in [0.5, 0.6) is 0 Å². The number of methoxy groups -OCH3 is 1. The van der Waals surface area contributed by atoms with Crippen LogP contribution in [0.3, 0.4) is 0 Å². The zero-order chi connectivity index (χ0) is 23.1. The molecule has 0 saturated carbocycles. The summed E-state index contributed by atoms with van der Waals surface area (Å²) in [7, 11) is 1.59. The second-order valence-corrected chi connectivity index (χ2v) is 7.65. The molecule has 3 heterocycles. The number of ether oxygens (including phenoxy) is 1. The molecular weight excluding hydrogens is 426 g/mol. The summed E-state index contributed by atoms with van der Waals surface area (Å²) in [5.41, 5.74) is 1.72. The molecule has 0 aromatic carbocycles. The van der Waals surface area contributed by atoms with Crippen molar-refractivity contribution < 1.29 is 9.53 Å². The Bertz CT molecular complexity index is 1390. The van der Waals surface area contributed by atoms with Crippen LogP contribution in [0, 0.1) is 18.3 Å². The molecule has 32 heavy (non-hydrogen) atoms. The van der Waals surface area contributed by atoms with Gasteiger partial charge < -0.3 is 9.30 Å². The maximum Gasteiger partial charge on any atom is 0.271 e. The van der Waals surface area contributed by atoms with Gasteiger partial charge in [0.2, 0.25) is 0 Å². The minimum Gasteiger partial charge on any atom is -0.385 e. The molecular formula is C23H23N5O3S. The van der Waals surface area contributed by atoms with E-state index in [0.29, 0.717) is 30.9 Å². The van der Waals surface area contributed by atoms with Crippen molar-refractivity contribution in [3.8, 4) is 6.07 Å². The van der Waals surface area contributed by atoms with Crippen LogP contribution in [0.1, 0.15) is 17.5 Å². The standard InChI is InChI=1S/C23H23N5O3S/c1-16-8-6-10-28-20(16)26-22-18(23(28)30)14-17(15-24)21(27(22)11-7-12-31-2)25-19(29)9-4-5-13-32-3/h4-6,8-10,13-14H,7,11-12H2,1-3H3/b9-4+,13-5-,25-21?. The molecule has 0 fully saturated rings. The fraction of sp³-hybridized carbons (Fsp3) is 0.261. The van der Waals surface area contributed by atoms with E-state index in [-0.39, 0.29) is 22.0 Å². The zero-order valence-electron chi connectivity index (χ0n) is 18.1. The molecule has 3 aromatic rings. The highest BCUT2D eigenvalue weighted by molar-refractivity contribution is 8.01. The molecule has 0 bridgehead atoms. The highest BCUT2D eigenvalue weighted by Gasteiger charge is 2.15. The van der Waals surface area contributed by atoms with E-state index in [1.807, 2.05) is 24.7 Å². The first-order valence-electron chi connectivity index (χ1n) is 9.91. The minimum absolute atomic E-state index is 0.128. The van der Waals surface area contributed by atoms with Crippen molar-refractivity contribution in [2.45, 2.75) is 19.9 Å². The monoisotopic (exact) mass is 449 g/mol. The van der Waals surface area contributed by atoms with Gasteiger partial charge in [0.1, 0.15) is 17.4 Å². The predicted molar refractivity (Wildman–Crippen MR) is 125 cm³/mol. The molecule has 164 valence electrons. The van der Waals surface area contributed by atoms with E-state index in [1.165, 1.54) is 28.3 Å². The fourth-order valence-electron chi connectivity index (χ4n) is 3.27. The van der Waals surface area contributed by atoms with Gasteiger partial charge in [0, 0.05) is 32.5 Å². The largest absolute Gasteiger partial charge is 0.385 e. The number of aromatic nitrogens is 3. The minimum atomic E-state index is -0.513. The van der Waals surface area contributed by atoms with Crippen LogP contribution in [0.15, 0.2) is 57.8 Å². The Morgan fingerprint density at radius 2 is 2.19 bits per heavy atom. The van der Waals surface area contributed by atoms with Crippen molar-refractivity contribution in [1.29, 1.82) is 5.26 Å². The molecule has 8 nitrogen and oxygen atoms in total. The van der Waals surface area contributed by atoms with E-state index in [4.69, 9.17) is 9.72 Å². The Morgan fingerprint density at radius 3 is 2.91 bits per heavy atom. The fourth-order valence-corrected chi connectivity index (χ4v) is 3.52. The summed E-state index contributed by atoms with van der Waals surface area (Å²) in [5.74, 6) is -0.513. The van der Waals surface area contributed by atoms with Crippen molar-refractivity contribution in [3.05, 3.63) is 75.0 Å². The second kappa shape index (κ2) is 10.7. The molecule has 0 spiro atoms. The number of allylic oxidation sites excluding steroid dienone is 2. The summed E-state index contributed by atoms with van der Waals surface area (Å²) < 4.78 is 8.28. The van der Waals surface area contributed by atoms with E-state index in [2.05, 4.69) is 11.1 Å². The first-order valence-corrected chi connectivity index (χ1v) is 11.2. The highest BCUT2D eigenvalue weighted by Crippen LogP contribution is 2.13. The smallest absolute Gasteiger partial charge is 0.271 e. The van der Waals surface area contributed by atoms with E-state index < -0.39 is 5.91 Å². The van der Waals surface area contributed by atoms with Crippen LogP contribution >= 0.6 is 11.8 Å². The lowest BCUT2D eigenvalue weighted by molar-refractivity contribution is -0.113. The Hall–Kier alpha value is -3.48. The van der Waals surface area contributed by atoms with Crippen LogP contribution in [0.4, 0.5) is 0 Å². The van der Waals surface area contributed by atoms with Crippen LogP contribution in [-0.2, 0) is 16.1 Å². The van der Waals surface area contributed by atoms with Crippen molar-refractivity contribution >= 4 is 34.3 Å². The maximum absolute atomic E-state index is 13.2. The second-order valence-electron chi connectivity index (χ2n) is 6.90. The van der Waals surface area contributed by atoms with Gasteiger partial charge in [-0.1, -0.05) is 18.2 Å². The lowest BCUT2D eigenvalue weighted by Crippen LogP contribution is -2.30. The SMILES string of the molecule is COCCCn1c(=NC(=O)/C=C/C=C\SC)c(C#N)cc2c(=O)n3cccc(C)c3nc21. The summed E-state index contributed by atoms with van der Waals surface area (Å²) in [6, 6.07) is 7.17. The first-order chi connectivity index (χ1) is 15.5. The Kier molecular flexibility index (Phi) is 7.76. The average Bonchev–Trinajstić information content (AvgIpc) is 2.79. The van der Waals surface area contributed by atoms with Gasteiger partial charge in [-0.2, -0.15) is 10.3 Å². The predicted octanol–water partition coefficient (Wildman–Crippen LogP) is 2.73. The molecule has 9 heteroatoms. The molecule has 0 saturated heterocycles. The number of nitriles is 1. The number of aryl methyl sites for hydroxylation is 2. The highest BCUT2D eigenvalue weighted by atomic mass is 32.2. The van der Waals surface area contributed by atoms with Crippen LogP contribution in [0.25, 0.3) is 16.7 Å². The molecule has 0 aliphatic rings. The lowest BCUT2D eigenvalue weighted by Gasteiger charge is -2.14. The summed E-state index contributed by atoms with van der Waals surface area (Å²) in [6.07, 6.45) is 8.79. The number of fused-ring (bicyclic) bond motifs is 2. The molecule has 0 radical (unpaired) electrons. The van der Waals surface area contributed by atoms with Gasteiger partial charge >= 0.3 is 0 Å². The number of hydrogen-bond donors (Lipinski definition) is 0. The number of carbonyl (C=O) groups is 1. The van der Waals surface area contributed by atoms with Gasteiger partial charge in [-0.25, -0.2) is 4.98 Å². The van der Waals surface area contributed by atoms with Crippen molar-refractivity contribution in [2.75, 3.05) is 20.0 Å². The summed E-state index contributed by atoms with van der Waals surface area (Å²) in [6.45, 7) is 2.70. The third kappa shape index (κ3) is 4.88. The summed E-state index contributed by atoms with van der Waals surface area (Å²) >= 11 is 1.51. The van der Waals surface area contributed by atoms with E-state index in [9.17, 15) is 14.9 Å². The maximum atomic E-state index is 13.2. The Morgan fingerprint density at radius 1 is 1.38 bits per heavy atom. The normalized spacial score (nSPS) is 12.4. The number of thioether (sulfide) groups is 1. The number of nitrogens with zero attached hydrogens (tertiary/aromatic N) is 5. The molecule has 0 N–H and O–H groups in total. The van der Waals surface area contributed by atoms with Crippen molar-refractivity contribution in [3.63, 3.8) is 0 Å². The summed E-state index contributed by atoms with van der Waals surface area (Å²) in [4.78, 5) is 34.5. The van der Waals surface area contributed by atoms with Crippen LogP contribution in [-0.4, -0.2) is 39.8 Å². The molecule has 3 aromatic heterocycles. The van der Waals surface area contributed by atoms with Gasteiger partial charge in [-0.05, 0) is 42.7 Å². The number of carbonyl (C=O) groups excluding carboxylic acids is 1. The van der Waals surface area contributed by atoms with Crippen molar-refractivity contribution in [2.24, 2.45) is 4.99 Å². The Balaban J connectivity index is 2.35. The summed E-state index contributed by atoms with van der Waals surface area (Å²) in [5, 5.41) is 11.9. The average molecular weight is 450 g/mol. The topological polar surface area (TPSA) is 102 Å². The third-order valence-corrected chi connectivity index (χ3v) is 5.17. The quantitative estimate of drug-likeness (QED) is 0.238. The van der Waals surface area contributed by atoms with Gasteiger partial charge in [-0.3, -0.25) is 14.0 Å². The third-order valence-electron chi connectivity index (χ3n) is 4.74. The number of rotatable bonds is 7. The van der Waals surface area contributed by atoms with Crippen molar-refractivity contribution in [1.82, 2.24) is 14.0 Å². The molecule has 1 amide bonds. The van der Waals surface area contributed by atoms with Crippen LogP contribution in [0.2, 0.25) is 0 Å². The first kappa shape index (κ1) is 23.2. The van der Waals surface area contributed by atoms with E-state index in [0.717, 1.165) is 5.56 Å². The zero-order valence-corrected chi connectivity index (χ0v) is 18.9. The van der Waals surface area contributed by atoms with E-state index >= 15 is 0 Å².